The van der Waals surface area contributed by atoms with E-state index in [1.165, 1.54) is 0 Å². The maximum absolute atomic E-state index is 12.1. The van der Waals surface area contributed by atoms with Crippen molar-refractivity contribution >= 4 is 17.6 Å². The molecular weight excluding hydrogens is 410 g/mol. The normalized spacial score (nSPS) is 10.2. The van der Waals surface area contributed by atoms with Crippen LogP contribution in [0.1, 0.15) is 12.5 Å². The van der Waals surface area contributed by atoms with E-state index < -0.39 is 18.5 Å². The van der Waals surface area contributed by atoms with Crippen molar-refractivity contribution in [3.63, 3.8) is 0 Å². The summed E-state index contributed by atoms with van der Waals surface area (Å²) in [4.78, 5) is 23.9. The van der Waals surface area contributed by atoms with Gasteiger partial charge in [-0.2, -0.15) is 0 Å². The van der Waals surface area contributed by atoms with E-state index in [0.29, 0.717) is 36.1 Å². The second-order valence-electron chi connectivity index (χ2n) is 6.67. The first-order valence-corrected chi connectivity index (χ1v) is 10.2. The van der Waals surface area contributed by atoms with Gasteiger partial charge in [-0.25, -0.2) is 4.79 Å². The lowest BCUT2D eigenvalue weighted by Gasteiger charge is -2.11. The lowest BCUT2D eigenvalue weighted by molar-refractivity contribution is -0.149. The molecule has 1 amide bonds. The molecule has 0 aliphatic carbocycles. The molecule has 0 spiro atoms. The minimum absolute atomic E-state index is 0.312. The quantitative estimate of drug-likeness (QED) is 0.454. The van der Waals surface area contributed by atoms with Gasteiger partial charge in [0.1, 0.15) is 23.9 Å². The summed E-state index contributed by atoms with van der Waals surface area (Å²) in [6.07, 6.45) is 0. The Labute approximate surface area is 186 Å². The number of anilines is 1. The molecule has 0 heterocycles. The lowest BCUT2D eigenvalue weighted by Crippen LogP contribution is -2.23. The number of amides is 1. The number of ether oxygens (including phenoxy) is 4. The van der Waals surface area contributed by atoms with Crippen molar-refractivity contribution in [1.82, 2.24) is 0 Å². The molecule has 0 unspecified atom stereocenters. The van der Waals surface area contributed by atoms with Crippen LogP contribution in [0.5, 0.6) is 17.2 Å². The molecule has 3 aromatic rings. The van der Waals surface area contributed by atoms with Crippen LogP contribution in [0.2, 0.25) is 0 Å². The van der Waals surface area contributed by atoms with E-state index >= 15 is 0 Å². The van der Waals surface area contributed by atoms with E-state index in [4.69, 9.17) is 18.9 Å². The highest BCUT2D eigenvalue weighted by atomic mass is 16.6. The number of hydrogen-bond donors (Lipinski definition) is 1. The molecule has 166 valence electrons. The zero-order valence-corrected chi connectivity index (χ0v) is 17.8. The molecular formula is C25H25NO6. The van der Waals surface area contributed by atoms with Crippen LogP contribution in [0.15, 0.2) is 78.9 Å². The van der Waals surface area contributed by atoms with E-state index in [-0.39, 0.29) is 6.61 Å². The minimum Gasteiger partial charge on any atom is -0.492 e. The van der Waals surface area contributed by atoms with Crippen LogP contribution in [0, 0.1) is 0 Å². The smallest absolute Gasteiger partial charge is 0.344 e. The molecule has 0 bridgehead atoms. The summed E-state index contributed by atoms with van der Waals surface area (Å²) in [5, 5.41) is 2.66. The van der Waals surface area contributed by atoms with Gasteiger partial charge < -0.3 is 24.3 Å². The van der Waals surface area contributed by atoms with Gasteiger partial charge in [0.05, 0.1) is 12.3 Å². The van der Waals surface area contributed by atoms with Crippen LogP contribution < -0.4 is 19.5 Å². The van der Waals surface area contributed by atoms with Gasteiger partial charge in [0.15, 0.2) is 13.2 Å². The van der Waals surface area contributed by atoms with E-state index in [9.17, 15) is 9.59 Å². The Bertz CT molecular complexity index is 1000. The minimum atomic E-state index is -0.650. The highest BCUT2D eigenvalue weighted by Crippen LogP contribution is 2.23. The van der Waals surface area contributed by atoms with Crippen molar-refractivity contribution in [2.75, 3.05) is 25.1 Å². The molecule has 0 aliphatic rings. The van der Waals surface area contributed by atoms with Crippen LogP contribution in [0.25, 0.3) is 0 Å². The highest BCUT2D eigenvalue weighted by molar-refractivity contribution is 5.94. The van der Waals surface area contributed by atoms with Gasteiger partial charge in [-0.05, 0) is 48.9 Å². The molecule has 0 aliphatic heterocycles. The molecule has 0 atom stereocenters. The fourth-order valence-electron chi connectivity index (χ4n) is 2.74. The fraction of sp³-hybridized carbons (Fsp3) is 0.200. The second kappa shape index (κ2) is 12.0. The zero-order valence-electron chi connectivity index (χ0n) is 17.8. The Morgan fingerprint density at radius 2 is 1.41 bits per heavy atom. The predicted molar refractivity (Wildman–Crippen MR) is 120 cm³/mol. The Morgan fingerprint density at radius 3 is 2.12 bits per heavy atom. The van der Waals surface area contributed by atoms with Gasteiger partial charge in [0.25, 0.3) is 5.91 Å². The number of nitrogens with one attached hydrogen (secondary N) is 1. The van der Waals surface area contributed by atoms with Gasteiger partial charge in [-0.3, -0.25) is 4.79 Å². The maximum Gasteiger partial charge on any atom is 0.344 e. The van der Waals surface area contributed by atoms with Crippen molar-refractivity contribution in [3.8, 4) is 17.2 Å². The summed E-state index contributed by atoms with van der Waals surface area (Å²) < 4.78 is 21.5. The van der Waals surface area contributed by atoms with Gasteiger partial charge in [-0.1, -0.05) is 42.5 Å². The van der Waals surface area contributed by atoms with Crippen molar-refractivity contribution in [2.45, 2.75) is 13.5 Å². The van der Waals surface area contributed by atoms with Crippen LogP contribution in [0.4, 0.5) is 5.69 Å². The molecule has 3 rings (SSSR count). The van der Waals surface area contributed by atoms with Crippen LogP contribution in [-0.4, -0.2) is 31.7 Å². The number of rotatable bonds is 11. The topological polar surface area (TPSA) is 83.1 Å². The maximum atomic E-state index is 12.1. The molecule has 32 heavy (non-hydrogen) atoms. The van der Waals surface area contributed by atoms with Gasteiger partial charge in [0.2, 0.25) is 0 Å². The molecule has 0 aromatic heterocycles. The average Bonchev–Trinajstić information content (AvgIpc) is 2.83. The van der Waals surface area contributed by atoms with Crippen LogP contribution in [0.3, 0.4) is 0 Å². The summed E-state index contributed by atoms with van der Waals surface area (Å²) in [5.41, 5.74) is 1.59. The summed E-state index contributed by atoms with van der Waals surface area (Å²) in [7, 11) is 0. The van der Waals surface area contributed by atoms with Gasteiger partial charge >= 0.3 is 5.97 Å². The van der Waals surface area contributed by atoms with Crippen molar-refractivity contribution in [1.29, 1.82) is 0 Å². The number of carbonyl (C=O) groups excluding carboxylic acids is 2. The average molecular weight is 435 g/mol. The fourth-order valence-corrected chi connectivity index (χ4v) is 2.74. The third kappa shape index (κ3) is 7.36. The zero-order chi connectivity index (χ0) is 22.6. The summed E-state index contributed by atoms with van der Waals surface area (Å²) >= 11 is 0. The van der Waals surface area contributed by atoms with Gasteiger partial charge in [0, 0.05) is 0 Å². The van der Waals surface area contributed by atoms with E-state index in [2.05, 4.69) is 5.32 Å². The van der Waals surface area contributed by atoms with E-state index in [1.807, 2.05) is 37.3 Å². The Balaban J connectivity index is 1.38. The molecule has 0 radical (unpaired) electrons. The molecule has 7 nitrogen and oxygen atoms in total. The van der Waals surface area contributed by atoms with Gasteiger partial charge in [-0.15, -0.1) is 0 Å². The molecule has 0 fully saturated rings. The largest absolute Gasteiger partial charge is 0.492 e. The van der Waals surface area contributed by atoms with Crippen molar-refractivity contribution < 1.29 is 28.5 Å². The highest BCUT2D eigenvalue weighted by Gasteiger charge is 2.11. The van der Waals surface area contributed by atoms with E-state index in [0.717, 1.165) is 5.56 Å². The SMILES string of the molecule is CCOc1ccccc1NC(=O)COC(=O)COc1ccc(OCc2ccccc2)cc1. The molecule has 0 saturated heterocycles. The first-order valence-electron chi connectivity index (χ1n) is 10.2. The summed E-state index contributed by atoms with van der Waals surface area (Å²) in [6, 6.07) is 23.8. The third-order valence-corrected chi connectivity index (χ3v) is 4.25. The number of para-hydroxylation sites is 2. The first-order chi connectivity index (χ1) is 15.6. The lowest BCUT2D eigenvalue weighted by atomic mass is 10.2. The first kappa shape index (κ1) is 22.7. The monoisotopic (exact) mass is 435 g/mol. The number of hydrogen-bond acceptors (Lipinski definition) is 6. The number of esters is 1. The van der Waals surface area contributed by atoms with E-state index in [1.54, 1.807) is 48.5 Å². The summed E-state index contributed by atoms with van der Waals surface area (Å²) in [5.74, 6) is 0.610. The Morgan fingerprint density at radius 1 is 0.750 bits per heavy atom. The predicted octanol–water partition coefficient (Wildman–Crippen LogP) is 4.23. The second-order valence-corrected chi connectivity index (χ2v) is 6.67. The summed E-state index contributed by atoms with van der Waals surface area (Å²) in [6.45, 7) is 2.05. The standard InChI is InChI=1S/C25H25NO6/c1-2-29-23-11-7-6-10-22(23)26-24(27)17-32-25(28)18-31-21-14-12-20(13-15-21)30-16-19-8-4-3-5-9-19/h3-15H,2,16-18H2,1H3,(H,26,27). The molecule has 1 N–H and O–H groups in total. The molecule has 3 aromatic carbocycles. The molecule has 0 saturated carbocycles. The molecule has 7 heteroatoms. The number of carbonyl (C=O) groups is 2. The van der Waals surface area contributed by atoms with Crippen molar-refractivity contribution in [2.24, 2.45) is 0 Å². The third-order valence-electron chi connectivity index (χ3n) is 4.25. The van der Waals surface area contributed by atoms with Crippen molar-refractivity contribution in [3.05, 3.63) is 84.4 Å². The van der Waals surface area contributed by atoms with Crippen LogP contribution >= 0.6 is 0 Å². The number of benzene rings is 3. The Kier molecular flexibility index (Phi) is 8.50. The van der Waals surface area contributed by atoms with Crippen LogP contribution in [-0.2, 0) is 20.9 Å². The Hall–Kier alpha value is -4.00.